The van der Waals surface area contributed by atoms with Gasteiger partial charge in [-0.05, 0) is 105 Å². The fraction of sp³-hybridized carbons (Fsp3) is 0.429. The van der Waals surface area contributed by atoms with Crippen molar-refractivity contribution in [1.29, 1.82) is 0 Å². The molecule has 6 rings (SSSR count). The van der Waals surface area contributed by atoms with Gasteiger partial charge >= 0.3 is 6.03 Å². The Morgan fingerprint density at radius 3 is 2.00 bits per heavy atom. The van der Waals surface area contributed by atoms with Crippen LogP contribution in [0.1, 0.15) is 53.6 Å². The molecular weight excluding hydrogens is 593 g/mol. The minimum Gasteiger partial charge on any atom is -0.372 e. The summed E-state index contributed by atoms with van der Waals surface area (Å²) in [5.74, 6) is 0.158. The van der Waals surface area contributed by atoms with E-state index in [1.165, 1.54) is 36.9 Å². The molecule has 0 aromatic heterocycles. The molecule has 3 aliphatic heterocycles. The molecule has 3 heterocycles. The summed E-state index contributed by atoms with van der Waals surface area (Å²) in [6, 6.07) is 20.1. The largest absolute Gasteiger partial charge is 0.372 e. The Bertz CT molecular complexity index is 1440. The molecule has 0 saturated carbocycles. The minimum atomic E-state index is -0.201. The second-order valence-electron chi connectivity index (χ2n) is 12.2. The molecule has 0 radical (unpaired) electrons. The number of rotatable bonds is 9. The number of benzene rings is 3. The van der Waals surface area contributed by atoms with E-state index in [4.69, 9.17) is 23.2 Å². The van der Waals surface area contributed by atoms with Crippen LogP contribution in [0.2, 0.25) is 10.0 Å². The molecule has 0 spiro atoms. The molecule has 232 valence electrons. The maximum absolute atomic E-state index is 13.1. The van der Waals surface area contributed by atoms with E-state index in [9.17, 15) is 9.59 Å². The van der Waals surface area contributed by atoms with Crippen molar-refractivity contribution in [1.82, 2.24) is 9.80 Å². The number of carbonyl (C=O) groups excluding carboxylic acids is 2. The van der Waals surface area contributed by atoms with E-state index in [1.807, 2.05) is 36.4 Å². The Labute approximate surface area is 270 Å². The van der Waals surface area contributed by atoms with Crippen molar-refractivity contribution >= 4 is 52.1 Å². The van der Waals surface area contributed by atoms with Gasteiger partial charge in [0.05, 0.1) is 15.7 Å². The van der Waals surface area contributed by atoms with Gasteiger partial charge in [-0.2, -0.15) is 0 Å². The average Bonchev–Trinajstić information content (AvgIpc) is 3.77. The number of hydrogen-bond acceptors (Lipinski definition) is 5. The fourth-order valence-electron chi connectivity index (χ4n) is 6.53. The van der Waals surface area contributed by atoms with Gasteiger partial charge in [0.15, 0.2) is 5.78 Å². The molecule has 0 bridgehead atoms. The van der Waals surface area contributed by atoms with E-state index in [-0.39, 0.29) is 11.8 Å². The van der Waals surface area contributed by atoms with Crippen LogP contribution in [-0.2, 0) is 13.0 Å². The Morgan fingerprint density at radius 1 is 0.682 bits per heavy atom. The summed E-state index contributed by atoms with van der Waals surface area (Å²) < 4.78 is 0. The number of nitrogens with zero attached hydrogens (tertiary/aromatic N) is 4. The van der Waals surface area contributed by atoms with Crippen molar-refractivity contribution < 1.29 is 9.59 Å². The van der Waals surface area contributed by atoms with Crippen LogP contribution < -0.4 is 15.1 Å². The second-order valence-corrected chi connectivity index (χ2v) is 13.0. The van der Waals surface area contributed by atoms with E-state index in [0.29, 0.717) is 48.3 Å². The zero-order chi connectivity index (χ0) is 30.5. The third-order valence-electron chi connectivity index (χ3n) is 9.08. The molecule has 7 nitrogen and oxygen atoms in total. The monoisotopic (exact) mass is 633 g/mol. The maximum atomic E-state index is 13.1. The molecular formula is C35H41Cl2N5O2. The van der Waals surface area contributed by atoms with Crippen LogP contribution in [0, 0.1) is 0 Å². The Morgan fingerprint density at radius 2 is 1.32 bits per heavy atom. The SMILES string of the molecule is O=C(CCc1cccc(N2CCCC2)c1)c1ccc(N2CCN(C(=O)Nc3c(Cl)cc(CN4CCCC4)cc3Cl)CC2)cc1. The Hall–Kier alpha value is -3.26. The number of carbonyl (C=O) groups is 2. The number of urea groups is 1. The first-order valence-electron chi connectivity index (χ1n) is 15.9. The average molecular weight is 635 g/mol. The molecule has 0 atom stereocenters. The fourth-order valence-corrected chi connectivity index (χ4v) is 7.16. The number of aryl methyl sites for hydroxylation is 1. The zero-order valence-electron chi connectivity index (χ0n) is 25.2. The molecule has 2 amide bonds. The number of amides is 2. The van der Waals surface area contributed by atoms with E-state index < -0.39 is 0 Å². The van der Waals surface area contributed by atoms with E-state index in [2.05, 4.69) is 44.3 Å². The van der Waals surface area contributed by atoms with Gasteiger partial charge in [-0.25, -0.2) is 4.79 Å². The molecule has 3 aromatic carbocycles. The van der Waals surface area contributed by atoms with Crippen molar-refractivity contribution in [2.45, 2.75) is 45.1 Å². The molecule has 0 unspecified atom stereocenters. The normalized spacial score (nSPS) is 17.4. The van der Waals surface area contributed by atoms with Crippen LogP contribution in [0.25, 0.3) is 0 Å². The summed E-state index contributed by atoms with van der Waals surface area (Å²) in [7, 11) is 0. The van der Waals surface area contributed by atoms with Crippen LogP contribution in [0.5, 0.6) is 0 Å². The number of nitrogens with one attached hydrogen (secondary N) is 1. The van der Waals surface area contributed by atoms with Gasteiger partial charge < -0.3 is 20.0 Å². The molecule has 3 fully saturated rings. The summed E-state index contributed by atoms with van der Waals surface area (Å²) in [5, 5.41) is 3.86. The maximum Gasteiger partial charge on any atom is 0.322 e. The predicted octanol–water partition coefficient (Wildman–Crippen LogP) is 7.36. The Kier molecular flexibility index (Phi) is 9.95. The van der Waals surface area contributed by atoms with E-state index in [0.717, 1.165) is 56.0 Å². The smallest absolute Gasteiger partial charge is 0.322 e. The zero-order valence-corrected chi connectivity index (χ0v) is 26.8. The first-order chi connectivity index (χ1) is 21.4. The number of Topliss-reactive ketones (excluding diaryl/α,β-unsaturated/α-hetero) is 1. The molecule has 1 N–H and O–H groups in total. The molecule has 3 saturated heterocycles. The van der Waals surface area contributed by atoms with E-state index >= 15 is 0 Å². The van der Waals surface area contributed by atoms with Gasteiger partial charge in [-0.3, -0.25) is 9.69 Å². The highest BCUT2D eigenvalue weighted by Crippen LogP contribution is 2.33. The minimum absolute atomic E-state index is 0.158. The van der Waals surface area contributed by atoms with Crippen LogP contribution in [0.3, 0.4) is 0 Å². The van der Waals surface area contributed by atoms with Crippen molar-refractivity contribution in [3.8, 4) is 0 Å². The number of anilines is 3. The third-order valence-corrected chi connectivity index (χ3v) is 9.68. The number of ketones is 1. The topological polar surface area (TPSA) is 59.1 Å². The first-order valence-corrected chi connectivity index (χ1v) is 16.7. The standard InChI is InChI=1S/C35H41Cl2N5O2/c36-31-23-27(25-39-14-1-2-15-39)24-32(37)34(31)38-35(44)42-20-18-41(19-21-42)29-11-9-28(10-12-29)33(43)13-8-26-6-5-7-30(22-26)40-16-3-4-17-40/h5-7,9-12,22-24H,1-4,8,13-21,25H2,(H,38,44). The van der Waals surface area contributed by atoms with E-state index in [1.54, 1.807) is 4.90 Å². The summed E-state index contributed by atoms with van der Waals surface area (Å²) in [5.41, 5.74) is 5.79. The molecule has 3 aromatic rings. The van der Waals surface area contributed by atoms with Crippen LogP contribution >= 0.6 is 23.2 Å². The van der Waals surface area contributed by atoms with Gasteiger partial charge in [0.25, 0.3) is 0 Å². The highest BCUT2D eigenvalue weighted by molar-refractivity contribution is 6.39. The summed E-state index contributed by atoms with van der Waals surface area (Å²) in [6.45, 7) is 7.79. The van der Waals surface area contributed by atoms with Crippen molar-refractivity contribution in [3.05, 3.63) is 87.4 Å². The van der Waals surface area contributed by atoms with Crippen molar-refractivity contribution in [3.63, 3.8) is 0 Å². The third kappa shape index (κ3) is 7.51. The molecule has 9 heteroatoms. The number of likely N-dealkylation sites (tertiary alicyclic amines) is 1. The molecule has 3 aliphatic rings. The lowest BCUT2D eigenvalue weighted by atomic mass is 10.0. The van der Waals surface area contributed by atoms with Gasteiger partial charge in [-0.1, -0.05) is 35.3 Å². The summed E-state index contributed by atoms with van der Waals surface area (Å²) >= 11 is 13.1. The van der Waals surface area contributed by atoms with Gasteiger partial charge in [-0.15, -0.1) is 0 Å². The summed E-state index contributed by atoms with van der Waals surface area (Å²) in [4.78, 5) is 34.9. The molecule has 44 heavy (non-hydrogen) atoms. The highest BCUT2D eigenvalue weighted by Gasteiger charge is 2.23. The lowest BCUT2D eigenvalue weighted by molar-refractivity contribution is 0.0983. The highest BCUT2D eigenvalue weighted by atomic mass is 35.5. The van der Waals surface area contributed by atoms with Crippen LogP contribution in [-0.4, -0.2) is 74.0 Å². The molecule has 0 aliphatic carbocycles. The van der Waals surface area contributed by atoms with Gasteiger partial charge in [0.2, 0.25) is 0 Å². The summed E-state index contributed by atoms with van der Waals surface area (Å²) in [6.07, 6.45) is 6.19. The second kappa shape index (κ2) is 14.2. The van der Waals surface area contributed by atoms with Crippen molar-refractivity contribution in [2.75, 3.05) is 67.5 Å². The van der Waals surface area contributed by atoms with Gasteiger partial charge in [0, 0.05) is 69.2 Å². The first kappa shape index (κ1) is 30.8. The number of halogens is 2. The van der Waals surface area contributed by atoms with Crippen LogP contribution in [0.15, 0.2) is 60.7 Å². The van der Waals surface area contributed by atoms with Gasteiger partial charge in [0.1, 0.15) is 0 Å². The Balaban J connectivity index is 0.975. The lowest BCUT2D eigenvalue weighted by Gasteiger charge is -2.36. The number of piperazine rings is 1. The lowest BCUT2D eigenvalue weighted by Crippen LogP contribution is -2.50. The van der Waals surface area contributed by atoms with Crippen molar-refractivity contribution in [2.24, 2.45) is 0 Å². The number of hydrogen-bond donors (Lipinski definition) is 1. The quantitative estimate of drug-likeness (QED) is 0.250. The predicted molar refractivity (Wildman–Crippen MR) is 181 cm³/mol. The van der Waals surface area contributed by atoms with Crippen LogP contribution in [0.4, 0.5) is 21.9 Å².